The van der Waals surface area contributed by atoms with Crippen molar-refractivity contribution in [3.8, 4) is 0 Å². The van der Waals surface area contributed by atoms with Gasteiger partial charge in [-0.2, -0.15) is 0 Å². The van der Waals surface area contributed by atoms with E-state index in [4.69, 9.17) is 0 Å². The summed E-state index contributed by atoms with van der Waals surface area (Å²) in [6, 6.07) is 8.01. The summed E-state index contributed by atoms with van der Waals surface area (Å²) in [6.07, 6.45) is -0.578. The van der Waals surface area contributed by atoms with Crippen LogP contribution in [0.5, 0.6) is 0 Å². The van der Waals surface area contributed by atoms with Gasteiger partial charge < -0.3 is 5.11 Å². The number of aliphatic hydroxyl groups is 1. The molecule has 0 saturated carbocycles. The van der Waals surface area contributed by atoms with E-state index in [9.17, 15) is 5.11 Å². The molecule has 0 fully saturated rings. The van der Waals surface area contributed by atoms with Crippen LogP contribution >= 0.6 is 43.2 Å². The van der Waals surface area contributed by atoms with Crippen LogP contribution in [0.25, 0.3) is 0 Å². The summed E-state index contributed by atoms with van der Waals surface area (Å²) in [6.45, 7) is 4.13. The highest BCUT2D eigenvalue weighted by molar-refractivity contribution is 9.12. The van der Waals surface area contributed by atoms with E-state index in [1.807, 2.05) is 24.3 Å². The van der Waals surface area contributed by atoms with Gasteiger partial charge in [0.2, 0.25) is 0 Å². The van der Waals surface area contributed by atoms with Gasteiger partial charge in [0.15, 0.2) is 0 Å². The molecule has 0 aliphatic rings. The summed E-state index contributed by atoms with van der Waals surface area (Å²) in [7, 11) is 0. The predicted octanol–water partition coefficient (Wildman–Crippen LogP) is 4.97. The van der Waals surface area contributed by atoms with E-state index in [1.165, 1.54) is 11.1 Å². The second-order valence-electron chi connectivity index (χ2n) is 4.03. The van der Waals surface area contributed by atoms with Gasteiger partial charge >= 0.3 is 0 Å². The zero-order valence-electron chi connectivity index (χ0n) is 9.50. The minimum absolute atomic E-state index is 0.578. The molecule has 0 bridgehead atoms. The predicted molar refractivity (Wildman–Crippen MR) is 79.7 cm³/mol. The Balaban J connectivity index is 2.40. The number of halogens is 2. The van der Waals surface area contributed by atoms with Crippen molar-refractivity contribution < 1.29 is 5.11 Å². The quantitative estimate of drug-likeness (QED) is 0.785. The molecule has 0 aliphatic carbocycles. The van der Waals surface area contributed by atoms with Crippen LogP contribution in [0.2, 0.25) is 0 Å². The maximum atomic E-state index is 10.4. The van der Waals surface area contributed by atoms with Crippen molar-refractivity contribution in [1.82, 2.24) is 0 Å². The summed E-state index contributed by atoms with van der Waals surface area (Å²) in [5.41, 5.74) is 4.28. The van der Waals surface area contributed by atoms with E-state index in [-0.39, 0.29) is 0 Å². The molecule has 1 unspecified atom stereocenters. The molecule has 0 saturated heterocycles. The van der Waals surface area contributed by atoms with Gasteiger partial charge in [-0.15, -0.1) is 11.3 Å². The largest absolute Gasteiger partial charge is 0.384 e. The summed E-state index contributed by atoms with van der Waals surface area (Å²) in [5.74, 6) is 0. The molecule has 0 radical (unpaired) electrons. The molecule has 1 nitrogen and oxygen atoms in total. The van der Waals surface area contributed by atoms with Crippen molar-refractivity contribution in [3.05, 3.63) is 54.1 Å². The Labute approximate surface area is 122 Å². The smallest absolute Gasteiger partial charge is 0.106 e. The van der Waals surface area contributed by atoms with Crippen molar-refractivity contribution >= 4 is 43.2 Å². The molecule has 0 spiro atoms. The Morgan fingerprint density at radius 3 is 2.35 bits per heavy atom. The van der Waals surface area contributed by atoms with Crippen molar-refractivity contribution in [2.24, 2.45) is 0 Å². The van der Waals surface area contributed by atoms with E-state index in [1.54, 1.807) is 11.3 Å². The van der Waals surface area contributed by atoms with Crippen LogP contribution in [-0.4, -0.2) is 5.11 Å². The highest BCUT2D eigenvalue weighted by Crippen LogP contribution is 2.37. The lowest BCUT2D eigenvalue weighted by Gasteiger charge is -2.12. The van der Waals surface area contributed by atoms with E-state index < -0.39 is 6.10 Å². The van der Waals surface area contributed by atoms with Crippen LogP contribution in [0.4, 0.5) is 0 Å². The van der Waals surface area contributed by atoms with Crippen LogP contribution in [0.3, 0.4) is 0 Å². The summed E-state index contributed by atoms with van der Waals surface area (Å²) in [4.78, 5) is 0. The van der Waals surface area contributed by atoms with Gasteiger partial charge in [-0.1, -0.05) is 18.2 Å². The van der Waals surface area contributed by atoms with E-state index in [0.717, 1.165) is 18.7 Å². The van der Waals surface area contributed by atoms with Crippen LogP contribution in [0, 0.1) is 13.8 Å². The normalized spacial score (nSPS) is 12.8. The Morgan fingerprint density at radius 1 is 1.12 bits per heavy atom. The van der Waals surface area contributed by atoms with Gasteiger partial charge in [-0.25, -0.2) is 0 Å². The molecule has 4 heteroatoms. The highest BCUT2D eigenvalue weighted by Gasteiger charge is 2.16. The number of thiophene rings is 1. The minimum Gasteiger partial charge on any atom is -0.384 e. The Kier molecular flexibility index (Phi) is 4.08. The Bertz CT molecular complexity index is 548. The molecule has 1 atom stereocenters. The van der Waals surface area contributed by atoms with Crippen molar-refractivity contribution in [1.29, 1.82) is 0 Å². The summed E-state index contributed by atoms with van der Waals surface area (Å²) >= 11 is 8.48. The molecule has 1 N–H and O–H groups in total. The number of aliphatic hydroxyl groups excluding tert-OH is 1. The van der Waals surface area contributed by atoms with Gasteiger partial charge in [0.1, 0.15) is 6.10 Å². The first-order chi connectivity index (χ1) is 7.99. The lowest BCUT2D eigenvalue weighted by molar-refractivity contribution is 0.220. The maximum absolute atomic E-state index is 10.4. The zero-order chi connectivity index (χ0) is 12.6. The molecule has 2 aromatic rings. The SMILES string of the molecule is Cc1ccc(C(O)c2cc(Br)sc2Br)cc1C. The van der Waals surface area contributed by atoms with Gasteiger partial charge in [-0.05, 0) is 68.5 Å². The first kappa shape index (κ1) is 13.3. The molecule has 90 valence electrons. The molecule has 17 heavy (non-hydrogen) atoms. The number of rotatable bonds is 2. The first-order valence-electron chi connectivity index (χ1n) is 5.19. The maximum Gasteiger partial charge on any atom is 0.106 e. The molecular formula is C13H12Br2OS. The summed E-state index contributed by atoms with van der Waals surface area (Å²) in [5, 5.41) is 10.4. The van der Waals surface area contributed by atoms with Crippen LogP contribution < -0.4 is 0 Å². The van der Waals surface area contributed by atoms with Crippen molar-refractivity contribution in [2.75, 3.05) is 0 Å². The second-order valence-corrected chi connectivity index (χ2v) is 7.78. The average Bonchev–Trinajstić information content (AvgIpc) is 2.61. The fraction of sp³-hybridized carbons (Fsp3) is 0.231. The summed E-state index contributed by atoms with van der Waals surface area (Å²) < 4.78 is 1.98. The van der Waals surface area contributed by atoms with Gasteiger partial charge in [-0.3, -0.25) is 0 Å². The van der Waals surface area contributed by atoms with Gasteiger partial charge in [0.25, 0.3) is 0 Å². The third-order valence-electron chi connectivity index (χ3n) is 2.82. The van der Waals surface area contributed by atoms with Crippen molar-refractivity contribution in [2.45, 2.75) is 20.0 Å². The lowest BCUT2D eigenvalue weighted by Crippen LogP contribution is -1.99. The molecule has 0 aliphatic heterocycles. The standard InChI is InChI=1S/C13H12Br2OS/c1-7-3-4-9(5-8(7)2)12(16)10-6-11(14)17-13(10)15/h3-6,12,16H,1-2H3. The molecule has 1 aromatic heterocycles. The highest BCUT2D eigenvalue weighted by atomic mass is 79.9. The third-order valence-corrected chi connectivity index (χ3v) is 5.21. The van der Waals surface area contributed by atoms with Gasteiger partial charge in [0, 0.05) is 5.56 Å². The van der Waals surface area contributed by atoms with Crippen molar-refractivity contribution in [3.63, 3.8) is 0 Å². The second kappa shape index (κ2) is 5.22. The number of benzene rings is 1. The van der Waals surface area contributed by atoms with E-state index >= 15 is 0 Å². The lowest BCUT2D eigenvalue weighted by atomic mass is 10.00. The Morgan fingerprint density at radius 2 is 1.82 bits per heavy atom. The van der Waals surface area contributed by atoms with Crippen LogP contribution in [-0.2, 0) is 0 Å². The minimum atomic E-state index is -0.578. The molecule has 0 amide bonds. The first-order valence-corrected chi connectivity index (χ1v) is 7.59. The Hall–Kier alpha value is -0.160. The van der Waals surface area contributed by atoms with Crippen LogP contribution in [0.15, 0.2) is 31.8 Å². The fourth-order valence-corrected chi connectivity index (χ4v) is 4.54. The number of aryl methyl sites for hydroxylation is 2. The topological polar surface area (TPSA) is 20.2 Å². The van der Waals surface area contributed by atoms with Gasteiger partial charge in [0.05, 0.1) is 7.57 Å². The molecular weight excluding hydrogens is 364 g/mol. The fourth-order valence-electron chi connectivity index (χ4n) is 1.65. The zero-order valence-corrected chi connectivity index (χ0v) is 13.5. The molecule has 2 rings (SSSR count). The molecule has 1 heterocycles. The number of hydrogen-bond donors (Lipinski definition) is 1. The monoisotopic (exact) mass is 374 g/mol. The van der Waals surface area contributed by atoms with E-state index in [0.29, 0.717) is 0 Å². The number of hydrogen-bond acceptors (Lipinski definition) is 2. The van der Waals surface area contributed by atoms with E-state index in [2.05, 4.69) is 45.7 Å². The third kappa shape index (κ3) is 2.81. The molecule has 1 aromatic carbocycles. The van der Waals surface area contributed by atoms with Crippen LogP contribution in [0.1, 0.15) is 28.4 Å². The average molecular weight is 376 g/mol.